The summed E-state index contributed by atoms with van der Waals surface area (Å²) in [7, 11) is -1.71. The number of benzene rings is 1. The van der Waals surface area contributed by atoms with Gasteiger partial charge in [-0.1, -0.05) is 23.7 Å². The Balaban J connectivity index is 1.62. The fourth-order valence-corrected chi connectivity index (χ4v) is 5.90. The first-order valence-corrected chi connectivity index (χ1v) is 13.8. The lowest BCUT2D eigenvalue weighted by Crippen LogP contribution is -2.43. The maximum absolute atomic E-state index is 13.8. The highest BCUT2D eigenvalue weighted by Crippen LogP contribution is 2.49. The van der Waals surface area contributed by atoms with E-state index in [1.165, 1.54) is 44.2 Å². The Kier molecular flexibility index (Phi) is 8.63. The normalized spacial score (nSPS) is 24.8. The van der Waals surface area contributed by atoms with Gasteiger partial charge in [0.05, 0.1) is 32.2 Å². The standard InChI is InChI=1S/C23H29ClN7O8P/c1-12(20(33)36-5)30-40(34,39-14-9-7-6-8-13(14)24)37-10-15-17(32)23(2,26-3)21(38-15)31-11-27-16-18(31)28-22(25)29-19(16)35-4/h6-9,11-12,15,17,21,32H,3,10H2,1-2,4-5H3,(H,30,34)(H2,25,28,29)/t12-,15+,17+,21+,23+,40?/m0/s1. The summed E-state index contributed by atoms with van der Waals surface area (Å²) in [5.41, 5.74) is 5.07. The van der Waals surface area contributed by atoms with Gasteiger partial charge >= 0.3 is 13.7 Å². The fourth-order valence-electron chi connectivity index (χ4n) is 4.15. The Hall–Kier alpha value is -3.33. The van der Waals surface area contributed by atoms with E-state index in [9.17, 15) is 14.5 Å². The number of aliphatic hydroxyl groups excluding tert-OH is 1. The smallest absolute Gasteiger partial charge is 0.459 e. The number of ether oxygens (including phenoxy) is 3. The molecule has 1 fully saturated rings. The SMILES string of the molecule is C=N[C@]1(C)[C@H](O)[C@@H](COP(=O)(N[C@@H](C)C(=O)OC)Oc2ccccc2Cl)O[C@H]1n1cnc2c(OC)nc(N)nc21. The number of methoxy groups -OCH3 is 2. The van der Waals surface area contributed by atoms with Crippen molar-refractivity contribution in [3.63, 3.8) is 0 Å². The molecule has 3 heterocycles. The van der Waals surface area contributed by atoms with Gasteiger partial charge in [-0.2, -0.15) is 15.1 Å². The van der Waals surface area contributed by atoms with E-state index < -0.39 is 50.3 Å². The van der Waals surface area contributed by atoms with Crippen LogP contribution in [0.15, 0.2) is 35.6 Å². The van der Waals surface area contributed by atoms with E-state index in [4.69, 9.17) is 40.6 Å². The number of nitrogens with two attached hydrogens (primary N) is 1. The predicted octanol–water partition coefficient (Wildman–Crippen LogP) is 2.14. The summed E-state index contributed by atoms with van der Waals surface area (Å²) in [5, 5.41) is 13.9. The zero-order chi connectivity index (χ0) is 29.2. The number of carbonyl (C=O) groups excluding carboxylic acids is 1. The zero-order valence-electron chi connectivity index (χ0n) is 22.1. The Morgan fingerprint density at radius 2 is 2.12 bits per heavy atom. The average molecular weight is 598 g/mol. The molecule has 4 rings (SSSR count). The van der Waals surface area contributed by atoms with Crippen molar-refractivity contribution in [3.05, 3.63) is 35.6 Å². The molecule has 0 bridgehead atoms. The minimum atomic E-state index is -4.30. The summed E-state index contributed by atoms with van der Waals surface area (Å²) in [6.45, 7) is 6.20. The molecular weight excluding hydrogens is 569 g/mol. The van der Waals surface area contributed by atoms with Crippen LogP contribution in [0.5, 0.6) is 11.6 Å². The molecule has 0 radical (unpaired) electrons. The maximum atomic E-state index is 13.8. The molecule has 15 nitrogen and oxygen atoms in total. The van der Waals surface area contributed by atoms with Gasteiger partial charge in [-0.25, -0.2) is 9.55 Å². The monoisotopic (exact) mass is 597 g/mol. The molecule has 0 saturated carbocycles. The summed E-state index contributed by atoms with van der Waals surface area (Å²) < 4.78 is 42.7. The molecule has 3 aromatic rings. The van der Waals surface area contributed by atoms with Crippen LogP contribution >= 0.6 is 19.3 Å². The van der Waals surface area contributed by atoms with Crippen LogP contribution in [0, 0.1) is 0 Å². The number of anilines is 1. The number of para-hydroxylation sites is 1. The molecule has 1 aliphatic rings. The highest BCUT2D eigenvalue weighted by atomic mass is 35.5. The van der Waals surface area contributed by atoms with E-state index in [-0.39, 0.29) is 28.2 Å². The second-order valence-electron chi connectivity index (χ2n) is 8.96. The molecule has 216 valence electrons. The van der Waals surface area contributed by atoms with Gasteiger partial charge in [-0.3, -0.25) is 18.9 Å². The first-order chi connectivity index (χ1) is 19.0. The number of fused-ring (bicyclic) bond motifs is 1. The molecule has 4 N–H and O–H groups in total. The van der Waals surface area contributed by atoms with Crippen molar-refractivity contribution in [1.82, 2.24) is 24.6 Å². The van der Waals surface area contributed by atoms with Gasteiger partial charge in [0.2, 0.25) is 11.8 Å². The zero-order valence-corrected chi connectivity index (χ0v) is 23.7. The minimum Gasteiger partial charge on any atom is -0.479 e. The first kappa shape index (κ1) is 29.6. The van der Waals surface area contributed by atoms with Crippen LogP contribution in [0.3, 0.4) is 0 Å². The highest BCUT2D eigenvalue weighted by molar-refractivity contribution is 7.52. The predicted molar refractivity (Wildman–Crippen MR) is 144 cm³/mol. The molecule has 1 aliphatic heterocycles. The summed E-state index contributed by atoms with van der Waals surface area (Å²) >= 11 is 6.18. The average Bonchev–Trinajstić information content (AvgIpc) is 3.46. The van der Waals surface area contributed by atoms with Crippen LogP contribution in [-0.2, 0) is 23.4 Å². The molecule has 40 heavy (non-hydrogen) atoms. The number of aliphatic hydroxyl groups is 1. The summed E-state index contributed by atoms with van der Waals surface area (Å²) in [4.78, 5) is 28.7. The van der Waals surface area contributed by atoms with Gasteiger partial charge in [0, 0.05) is 0 Å². The second-order valence-corrected chi connectivity index (χ2v) is 11.1. The number of carbonyl (C=O) groups is 1. The fraction of sp³-hybridized carbons (Fsp3) is 0.435. The second kappa shape index (κ2) is 11.6. The Bertz CT molecular complexity index is 1460. The maximum Gasteiger partial charge on any atom is 0.459 e. The number of nitrogens with zero attached hydrogens (tertiary/aromatic N) is 5. The van der Waals surface area contributed by atoms with Gasteiger partial charge in [-0.05, 0) is 32.7 Å². The number of nitrogen functional groups attached to an aromatic ring is 1. The molecule has 6 atom stereocenters. The number of hydrogen-bond donors (Lipinski definition) is 3. The number of imidazole rings is 1. The van der Waals surface area contributed by atoms with Crippen molar-refractivity contribution >= 4 is 49.1 Å². The number of esters is 1. The van der Waals surface area contributed by atoms with Gasteiger partial charge < -0.3 is 29.6 Å². The van der Waals surface area contributed by atoms with Crippen molar-refractivity contribution < 1.29 is 37.7 Å². The lowest BCUT2D eigenvalue weighted by Gasteiger charge is -2.28. The van der Waals surface area contributed by atoms with Crippen molar-refractivity contribution in [1.29, 1.82) is 0 Å². The molecule has 0 aliphatic carbocycles. The van der Waals surface area contributed by atoms with Gasteiger partial charge in [-0.15, -0.1) is 0 Å². The largest absolute Gasteiger partial charge is 0.479 e. The van der Waals surface area contributed by atoms with Crippen LogP contribution in [-0.4, -0.2) is 81.9 Å². The van der Waals surface area contributed by atoms with E-state index in [1.807, 2.05) is 0 Å². The van der Waals surface area contributed by atoms with E-state index in [1.54, 1.807) is 19.1 Å². The van der Waals surface area contributed by atoms with E-state index in [0.717, 1.165) is 0 Å². The Morgan fingerprint density at radius 1 is 1.40 bits per heavy atom. The molecular formula is C23H29ClN7O8P. The topological polar surface area (TPSA) is 195 Å². The molecule has 0 spiro atoms. The molecule has 1 saturated heterocycles. The first-order valence-electron chi connectivity index (χ1n) is 11.9. The van der Waals surface area contributed by atoms with E-state index in [2.05, 4.69) is 31.7 Å². The number of nitrogens with one attached hydrogen (secondary N) is 1. The highest BCUT2D eigenvalue weighted by Gasteiger charge is 2.55. The lowest BCUT2D eigenvalue weighted by atomic mass is 9.93. The number of aromatic nitrogens is 4. The Labute approximate surface area is 234 Å². The van der Waals surface area contributed by atoms with Gasteiger partial charge in [0.25, 0.3) is 0 Å². The number of halogens is 1. The van der Waals surface area contributed by atoms with Crippen molar-refractivity contribution in [3.8, 4) is 11.6 Å². The van der Waals surface area contributed by atoms with Gasteiger partial charge in [0.1, 0.15) is 29.5 Å². The summed E-state index contributed by atoms with van der Waals surface area (Å²) in [6.07, 6.45) is -1.99. The van der Waals surface area contributed by atoms with Gasteiger partial charge in [0.15, 0.2) is 17.4 Å². The van der Waals surface area contributed by atoms with Crippen LogP contribution in [0.25, 0.3) is 11.2 Å². The van der Waals surface area contributed by atoms with Crippen molar-refractivity contribution in [2.45, 2.75) is 43.9 Å². The number of hydrogen-bond acceptors (Lipinski definition) is 13. The van der Waals surface area contributed by atoms with E-state index in [0.29, 0.717) is 5.52 Å². The quantitative estimate of drug-likeness (QED) is 0.165. The summed E-state index contributed by atoms with van der Waals surface area (Å²) in [5.74, 6) is -0.593. The number of aliphatic imine (C=N–C) groups is 1. The van der Waals surface area contributed by atoms with Crippen molar-refractivity contribution in [2.24, 2.45) is 4.99 Å². The molecule has 0 amide bonds. The molecule has 2 aromatic heterocycles. The Morgan fingerprint density at radius 3 is 2.77 bits per heavy atom. The van der Waals surface area contributed by atoms with Crippen LogP contribution < -0.4 is 20.1 Å². The lowest BCUT2D eigenvalue weighted by molar-refractivity contribution is -0.142. The molecule has 1 aromatic carbocycles. The van der Waals surface area contributed by atoms with Crippen LogP contribution in [0.1, 0.15) is 20.1 Å². The van der Waals surface area contributed by atoms with Crippen LogP contribution in [0.4, 0.5) is 5.95 Å². The van der Waals surface area contributed by atoms with Crippen LogP contribution in [0.2, 0.25) is 5.02 Å². The van der Waals surface area contributed by atoms with E-state index >= 15 is 0 Å². The van der Waals surface area contributed by atoms with Crippen molar-refractivity contribution in [2.75, 3.05) is 26.6 Å². The third kappa shape index (κ3) is 5.61. The minimum absolute atomic E-state index is 0.0385. The summed E-state index contributed by atoms with van der Waals surface area (Å²) in [6, 6.07) is 5.20. The number of rotatable bonds is 11. The third-order valence-electron chi connectivity index (χ3n) is 6.32. The third-order valence-corrected chi connectivity index (χ3v) is 8.26. The molecule has 1 unspecified atom stereocenters. The molecule has 17 heteroatoms.